The third-order valence-corrected chi connectivity index (χ3v) is 6.36. The Kier molecular flexibility index (Phi) is 4.84. The third kappa shape index (κ3) is 3.31. The summed E-state index contributed by atoms with van der Waals surface area (Å²) < 4.78 is 21.6. The largest absolute Gasteiger partial charge is 0.481 e. The van der Waals surface area contributed by atoms with Crippen molar-refractivity contribution in [3.05, 3.63) is 0 Å². The molecule has 0 unspecified atom stereocenters. The molecule has 1 aliphatic rings. The molecule has 1 saturated carbocycles. The average Bonchev–Trinajstić information content (AvgIpc) is 2.35. The van der Waals surface area contributed by atoms with Crippen molar-refractivity contribution in [3.63, 3.8) is 0 Å². The van der Waals surface area contributed by atoms with E-state index in [-0.39, 0.29) is 6.54 Å². The van der Waals surface area contributed by atoms with Crippen LogP contribution in [-0.4, -0.2) is 42.9 Å². The summed E-state index contributed by atoms with van der Waals surface area (Å²) in [5, 5.41) is 11.9. The minimum Gasteiger partial charge on any atom is -0.481 e. The Morgan fingerprint density at radius 1 is 1.20 bits per heavy atom. The number of sulfone groups is 1. The number of hydrogen-bond donors (Lipinski definition) is 2. The second-order valence-corrected chi connectivity index (χ2v) is 8.68. The summed E-state index contributed by atoms with van der Waals surface area (Å²) in [6, 6.07) is 0. The van der Waals surface area contributed by atoms with Gasteiger partial charge < -0.3 is 10.4 Å². The van der Waals surface area contributed by atoms with E-state index in [0.717, 1.165) is 25.5 Å². The number of carboxylic acid groups (broad SMARTS) is 1. The number of carbonyl (C=O) groups excluding carboxylic acids is 1. The van der Waals surface area contributed by atoms with Crippen molar-refractivity contribution in [3.8, 4) is 0 Å². The van der Waals surface area contributed by atoms with Gasteiger partial charge in [0, 0.05) is 12.8 Å². The Hall–Kier alpha value is -1.11. The van der Waals surface area contributed by atoms with Gasteiger partial charge in [-0.2, -0.15) is 0 Å². The lowest BCUT2D eigenvalue weighted by Crippen LogP contribution is -2.52. The van der Waals surface area contributed by atoms with Crippen LogP contribution in [0.25, 0.3) is 0 Å². The summed E-state index contributed by atoms with van der Waals surface area (Å²) >= 11 is 0. The summed E-state index contributed by atoms with van der Waals surface area (Å²) in [6.07, 6.45) is 4.66. The molecule has 1 aliphatic carbocycles. The van der Waals surface area contributed by atoms with E-state index in [0.29, 0.717) is 12.8 Å². The minimum absolute atomic E-state index is 0.0138. The van der Waals surface area contributed by atoms with Crippen LogP contribution in [0.3, 0.4) is 0 Å². The maximum Gasteiger partial charge on any atom is 0.311 e. The van der Waals surface area contributed by atoms with E-state index in [1.807, 2.05) is 0 Å². The smallest absolute Gasteiger partial charge is 0.311 e. The normalized spacial score (nSPS) is 19.4. The fraction of sp³-hybridized carbons (Fsp3) is 0.846. The Morgan fingerprint density at radius 2 is 1.70 bits per heavy atom. The molecule has 0 spiro atoms. The Balaban J connectivity index is 2.79. The second kappa shape index (κ2) is 5.71. The molecule has 0 aromatic rings. The molecule has 0 saturated heterocycles. The molecule has 0 aliphatic heterocycles. The van der Waals surface area contributed by atoms with Crippen molar-refractivity contribution < 1.29 is 23.1 Å². The Morgan fingerprint density at radius 3 is 2.10 bits per heavy atom. The van der Waals surface area contributed by atoms with Gasteiger partial charge in [-0.05, 0) is 26.7 Å². The fourth-order valence-corrected chi connectivity index (χ4v) is 2.73. The topological polar surface area (TPSA) is 101 Å². The molecule has 6 nitrogen and oxygen atoms in total. The quantitative estimate of drug-likeness (QED) is 0.788. The van der Waals surface area contributed by atoms with Gasteiger partial charge in [0.05, 0.1) is 5.41 Å². The number of aliphatic carboxylic acids is 1. The van der Waals surface area contributed by atoms with Crippen LogP contribution >= 0.6 is 0 Å². The summed E-state index contributed by atoms with van der Waals surface area (Å²) in [5.74, 6) is -1.57. The number of rotatable bonds is 5. The Bertz CT molecular complexity index is 489. The molecule has 0 atom stereocenters. The monoisotopic (exact) mass is 305 g/mol. The SMILES string of the molecule is CC(C)(C(=O)NCC1(C(=O)O)CCCCC1)S(C)(=O)=O. The molecule has 2 N–H and O–H groups in total. The predicted octanol–water partition coefficient (Wildman–Crippen LogP) is 0.961. The lowest BCUT2D eigenvalue weighted by molar-refractivity contribution is -0.151. The van der Waals surface area contributed by atoms with Crippen LogP contribution < -0.4 is 5.32 Å². The van der Waals surface area contributed by atoms with E-state index < -0.39 is 31.9 Å². The van der Waals surface area contributed by atoms with Gasteiger partial charge in [-0.15, -0.1) is 0 Å². The van der Waals surface area contributed by atoms with Gasteiger partial charge in [-0.25, -0.2) is 8.42 Å². The molecule has 20 heavy (non-hydrogen) atoms. The predicted molar refractivity (Wildman–Crippen MR) is 75.1 cm³/mol. The van der Waals surface area contributed by atoms with Crippen molar-refractivity contribution >= 4 is 21.7 Å². The van der Waals surface area contributed by atoms with E-state index in [2.05, 4.69) is 5.32 Å². The van der Waals surface area contributed by atoms with E-state index >= 15 is 0 Å². The molecule has 7 heteroatoms. The summed E-state index contributed by atoms with van der Waals surface area (Å²) in [4.78, 5) is 23.5. The number of nitrogens with one attached hydrogen (secondary N) is 1. The molecule has 0 bridgehead atoms. The van der Waals surface area contributed by atoms with Crippen LogP contribution in [0.5, 0.6) is 0 Å². The third-order valence-electron chi connectivity index (χ3n) is 4.33. The first-order valence-corrected chi connectivity index (χ1v) is 8.63. The van der Waals surface area contributed by atoms with Gasteiger partial charge >= 0.3 is 5.97 Å². The molecular weight excluding hydrogens is 282 g/mol. The summed E-state index contributed by atoms with van der Waals surface area (Å²) in [6.45, 7) is 2.64. The van der Waals surface area contributed by atoms with Gasteiger partial charge in [0.2, 0.25) is 5.91 Å². The van der Waals surface area contributed by atoms with Crippen molar-refractivity contribution in [1.29, 1.82) is 0 Å². The van der Waals surface area contributed by atoms with Crippen LogP contribution in [0.4, 0.5) is 0 Å². The van der Waals surface area contributed by atoms with Crippen LogP contribution in [0.15, 0.2) is 0 Å². The van der Waals surface area contributed by atoms with Gasteiger partial charge in [0.15, 0.2) is 9.84 Å². The zero-order chi connectivity index (χ0) is 15.6. The van der Waals surface area contributed by atoms with Crippen molar-refractivity contribution in [2.24, 2.45) is 5.41 Å². The highest BCUT2D eigenvalue weighted by Gasteiger charge is 2.43. The molecule has 0 aromatic heterocycles. The molecule has 1 fully saturated rings. The summed E-state index contributed by atoms with van der Waals surface area (Å²) in [5.41, 5.74) is -0.957. The van der Waals surface area contributed by atoms with Gasteiger partial charge in [0.25, 0.3) is 0 Å². The lowest BCUT2D eigenvalue weighted by atomic mass is 9.74. The maximum absolute atomic E-state index is 12.0. The highest BCUT2D eigenvalue weighted by Crippen LogP contribution is 2.36. The highest BCUT2D eigenvalue weighted by molar-refractivity contribution is 7.92. The fourth-order valence-electron chi connectivity index (χ4n) is 2.33. The van der Waals surface area contributed by atoms with Crippen LogP contribution in [-0.2, 0) is 19.4 Å². The molecule has 0 radical (unpaired) electrons. The van der Waals surface area contributed by atoms with Crippen LogP contribution in [0.2, 0.25) is 0 Å². The van der Waals surface area contributed by atoms with Gasteiger partial charge in [0.1, 0.15) is 4.75 Å². The molecule has 1 rings (SSSR count). The summed E-state index contributed by atoms with van der Waals surface area (Å²) in [7, 11) is -3.55. The van der Waals surface area contributed by atoms with Crippen LogP contribution in [0, 0.1) is 5.41 Å². The first-order chi connectivity index (χ1) is 9.03. The number of hydrogen-bond acceptors (Lipinski definition) is 4. The first kappa shape index (κ1) is 16.9. The average molecular weight is 305 g/mol. The minimum atomic E-state index is -3.55. The van der Waals surface area contributed by atoms with E-state index in [9.17, 15) is 23.1 Å². The van der Waals surface area contributed by atoms with Crippen LogP contribution in [0.1, 0.15) is 46.0 Å². The molecule has 0 heterocycles. The first-order valence-electron chi connectivity index (χ1n) is 6.74. The number of carbonyl (C=O) groups is 2. The molecule has 116 valence electrons. The Labute approximate surface area is 119 Å². The standard InChI is InChI=1S/C13H23NO5S/c1-12(2,20(3,18)19)10(15)14-9-13(11(16)17)7-5-4-6-8-13/h4-9H2,1-3H3,(H,14,15)(H,16,17). The molecule has 0 aromatic carbocycles. The van der Waals surface area contributed by atoms with Gasteiger partial charge in [-0.3, -0.25) is 9.59 Å². The van der Waals surface area contributed by atoms with Crippen molar-refractivity contribution in [2.75, 3.05) is 12.8 Å². The molecule has 1 amide bonds. The van der Waals surface area contributed by atoms with E-state index in [1.165, 1.54) is 13.8 Å². The van der Waals surface area contributed by atoms with Gasteiger partial charge in [-0.1, -0.05) is 19.3 Å². The number of amides is 1. The zero-order valence-corrected chi connectivity index (χ0v) is 13.0. The van der Waals surface area contributed by atoms with Crippen molar-refractivity contribution in [2.45, 2.75) is 50.7 Å². The highest BCUT2D eigenvalue weighted by atomic mass is 32.2. The zero-order valence-electron chi connectivity index (χ0n) is 12.2. The maximum atomic E-state index is 12.0. The van der Waals surface area contributed by atoms with Crippen molar-refractivity contribution in [1.82, 2.24) is 5.32 Å². The lowest BCUT2D eigenvalue weighted by Gasteiger charge is -2.34. The number of carboxylic acids is 1. The second-order valence-electron chi connectivity index (χ2n) is 6.11. The van der Waals surface area contributed by atoms with E-state index in [1.54, 1.807) is 0 Å². The molecular formula is C13H23NO5S. The van der Waals surface area contributed by atoms with E-state index in [4.69, 9.17) is 0 Å².